The number of halogens is 1. The third kappa shape index (κ3) is 1.80. The first-order valence-corrected chi connectivity index (χ1v) is 8.57. The van der Waals surface area contributed by atoms with Gasteiger partial charge in [0.1, 0.15) is 0 Å². The second kappa shape index (κ2) is 4.34. The Balaban J connectivity index is 1.56. The third-order valence-corrected chi connectivity index (χ3v) is 6.39. The second-order valence-electron chi connectivity index (χ2n) is 6.05. The topological polar surface area (TPSA) is 51.0 Å². The van der Waals surface area contributed by atoms with Crippen molar-refractivity contribution in [3.05, 3.63) is 34.7 Å². The van der Waals surface area contributed by atoms with E-state index in [1.807, 2.05) is 0 Å². The smallest absolute Gasteiger partial charge is 0.257 e. The molecule has 1 N–H and O–H groups in total. The van der Waals surface area contributed by atoms with Gasteiger partial charge in [0.05, 0.1) is 16.3 Å². The van der Waals surface area contributed by atoms with Crippen molar-refractivity contribution in [3.8, 4) is 10.8 Å². The minimum Gasteiger partial charge on any atom is -0.423 e. The summed E-state index contributed by atoms with van der Waals surface area (Å²) in [6.45, 7) is 0. The van der Waals surface area contributed by atoms with Crippen LogP contribution in [0.1, 0.15) is 41.1 Å². The van der Waals surface area contributed by atoms with Gasteiger partial charge in [-0.15, -0.1) is 33.1 Å². The second-order valence-corrected chi connectivity index (χ2v) is 7.66. The largest absolute Gasteiger partial charge is 0.423 e. The van der Waals surface area contributed by atoms with Crippen LogP contribution in [0.15, 0.2) is 28.7 Å². The molecule has 3 atom stereocenters. The lowest BCUT2D eigenvalue weighted by Crippen LogP contribution is -2.24. The van der Waals surface area contributed by atoms with Gasteiger partial charge in [-0.05, 0) is 48.6 Å². The summed E-state index contributed by atoms with van der Waals surface area (Å²) in [7, 11) is 0. The highest BCUT2D eigenvalue weighted by atomic mass is 35.5. The van der Waals surface area contributed by atoms with Gasteiger partial charge in [0.15, 0.2) is 0 Å². The molecule has 1 aliphatic heterocycles. The van der Waals surface area contributed by atoms with Crippen molar-refractivity contribution in [2.75, 3.05) is 0 Å². The number of hydrogen-bond acceptors (Lipinski definition) is 5. The number of rotatable bonds is 2. The van der Waals surface area contributed by atoms with E-state index in [0.29, 0.717) is 17.9 Å². The Kier molecular flexibility index (Phi) is 2.53. The molecule has 0 spiro atoms. The summed E-state index contributed by atoms with van der Waals surface area (Å²) in [5, 5.41) is 11.4. The van der Waals surface area contributed by atoms with Gasteiger partial charge >= 0.3 is 0 Å². The molecular weight excluding hydrogens is 306 g/mol. The fourth-order valence-corrected chi connectivity index (χ4v) is 5.33. The van der Waals surface area contributed by atoms with E-state index in [0.717, 1.165) is 17.2 Å². The van der Waals surface area contributed by atoms with Gasteiger partial charge in [-0.2, -0.15) is 0 Å². The molecule has 3 unspecified atom stereocenters. The van der Waals surface area contributed by atoms with Crippen LogP contribution < -0.4 is 5.32 Å². The Hall–Kier alpha value is -1.33. The maximum atomic E-state index is 6.66. The lowest BCUT2D eigenvalue weighted by atomic mass is 9.80. The molecule has 0 saturated heterocycles. The summed E-state index contributed by atoms with van der Waals surface area (Å²) >= 11 is 8.39. The van der Waals surface area contributed by atoms with Crippen molar-refractivity contribution in [1.29, 1.82) is 0 Å². The maximum Gasteiger partial charge on any atom is 0.257 e. The number of fused-ring (bicyclic) bond motifs is 3. The maximum absolute atomic E-state index is 6.66. The Morgan fingerprint density at radius 1 is 1.38 bits per heavy atom. The zero-order chi connectivity index (χ0) is 14.0. The Bertz CT molecular complexity index is 719. The number of alkyl halides is 1. The van der Waals surface area contributed by atoms with Crippen LogP contribution in [-0.4, -0.2) is 10.2 Å². The van der Waals surface area contributed by atoms with Crippen molar-refractivity contribution in [2.24, 2.45) is 11.8 Å². The van der Waals surface area contributed by atoms with E-state index in [1.165, 1.54) is 29.7 Å². The monoisotopic (exact) mass is 319 g/mol. The minimum atomic E-state index is 0.0798. The molecule has 2 aliphatic carbocycles. The van der Waals surface area contributed by atoms with Crippen LogP contribution in [0.5, 0.6) is 0 Å². The van der Waals surface area contributed by atoms with Crippen LogP contribution in [0.4, 0.5) is 0 Å². The highest BCUT2D eigenvalue weighted by Gasteiger charge is 2.44. The number of nitrogens with one attached hydrogen (secondary N) is 1. The van der Waals surface area contributed by atoms with E-state index in [1.54, 1.807) is 16.9 Å². The predicted molar refractivity (Wildman–Crippen MR) is 81.0 cm³/mol. The van der Waals surface area contributed by atoms with E-state index in [-0.39, 0.29) is 5.38 Å². The molecule has 21 heavy (non-hydrogen) atoms. The van der Waals surface area contributed by atoms with E-state index >= 15 is 0 Å². The fourth-order valence-electron chi connectivity index (χ4n) is 3.61. The number of thiophene rings is 1. The number of hydrogen-bond donors (Lipinski definition) is 1. The van der Waals surface area contributed by atoms with Crippen molar-refractivity contribution < 1.29 is 4.42 Å². The van der Waals surface area contributed by atoms with Gasteiger partial charge < -0.3 is 9.73 Å². The molecule has 0 bridgehead atoms. The summed E-state index contributed by atoms with van der Waals surface area (Å²) in [4.78, 5) is 2.36. The van der Waals surface area contributed by atoms with E-state index in [4.69, 9.17) is 16.0 Å². The summed E-state index contributed by atoms with van der Waals surface area (Å²) in [5.74, 6) is 1.94. The molecule has 4 nitrogen and oxygen atoms in total. The Morgan fingerprint density at radius 3 is 3.05 bits per heavy atom. The Morgan fingerprint density at radius 2 is 2.29 bits per heavy atom. The predicted octanol–water partition coefficient (Wildman–Crippen LogP) is 4.04. The molecule has 0 aromatic carbocycles. The molecule has 2 aromatic rings. The summed E-state index contributed by atoms with van der Waals surface area (Å²) in [6, 6.07) is 2.50. The van der Waals surface area contributed by atoms with Crippen LogP contribution in [0.2, 0.25) is 0 Å². The zero-order valence-corrected chi connectivity index (χ0v) is 12.8. The standard InChI is InChI=1S/C15H14ClN3OS/c16-11-3-8-10(7-1-2-7)5-17-13(8)14-9(11)4-12(21-14)15-19-18-6-20-15/h4-8,11,13,17H,1-3H2. The van der Waals surface area contributed by atoms with Crippen molar-refractivity contribution in [2.45, 2.75) is 30.7 Å². The molecule has 108 valence electrons. The first-order valence-electron chi connectivity index (χ1n) is 7.31. The molecule has 1 saturated carbocycles. The highest BCUT2D eigenvalue weighted by Crippen LogP contribution is 2.56. The molecule has 3 heterocycles. The van der Waals surface area contributed by atoms with Gasteiger partial charge in [0.2, 0.25) is 6.39 Å². The zero-order valence-electron chi connectivity index (χ0n) is 11.3. The fraction of sp³-hybridized carbons (Fsp3) is 0.467. The van der Waals surface area contributed by atoms with Crippen LogP contribution in [0.25, 0.3) is 10.8 Å². The lowest BCUT2D eigenvalue weighted by Gasteiger charge is -2.30. The number of nitrogens with zero attached hydrogens (tertiary/aromatic N) is 2. The molecule has 0 amide bonds. The molecule has 6 heteroatoms. The average Bonchev–Trinajstić information content (AvgIpc) is 2.95. The first-order chi connectivity index (χ1) is 10.3. The van der Waals surface area contributed by atoms with Gasteiger partial charge in [-0.25, -0.2) is 0 Å². The number of aromatic nitrogens is 2. The van der Waals surface area contributed by atoms with E-state index in [9.17, 15) is 0 Å². The summed E-state index contributed by atoms with van der Waals surface area (Å²) < 4.78 is 5.32. The molecule has 0 radical (unpaired) electrons. The van der Waals surface area contributed by atoms with Crippen LogP contribution in [-0.2, 0) is 0 Å². The van der Waals surface area contributed by atoms with E-state index in [2.05, 4.69) is 27.8 Å². The SMILES string of the molecule is ClC1CC2C(C3CC3)=CNC2c2sc(-c3nnco3)cc21. The minimum absolute atomic E-state index is 0.0798. The van der Waals surface area contributed by atoms with Gasteiger partial charge in [0, 0.05) is 10.8 Å². The highest BCUT2D eigenvalue weighted by molar-refractivity contribution is 7.15. The molecule has 5 rings (SSSR count). The van der Waals surface area contributed by atoms with Crippen molar-refractivity contribution in [3.63, 3.8) is 0 Å². The van der Waals surface area contributed by atoms with Crippen LogP contribution in [0.3, 0.4) is 0 Å². The Labute approximate surface area is 131 Å². The molecular formula is C15H14ClN3OS. The third-order valence-electron chi connectivity index (χ3n) is 4.75. The quantitative estimate of drug-likeness (QED) is 0.849. The normalized spacial score (nSPS) is 30.5. The van der Waals surface area contributed by atoms with Crippen LogP contribution >= 0.6 is 22.9 Å². The first kappa shape index (κ1) is 12.2. The lowest BCUT2D eigenvalue weighted by molar-refractivity contribution is 0.418. The van der Waals surface area contributed by atoms with Gasteiger partial charge in [-0.3, -0.25) is 0 Å². The molecule has 2 aromatic heterocycles. The van der Waals surface area contributed by atoms with E-state index < -0.39 is 0 Å². The summed E-state index contributed by atoms with van der Waals surface area (Å²) in [6.07, 6.45) is 7.32. The van der Waals surface area contributed by atoms with Crippen LogP contribution in [0, 0.1) is 11.8 Å². The summed E-state index contributed by atoms with van der Waals surface area (Å²) in [5.41, 5.74) is 2.82. The van der Waals surface area contributed by atoms with Gasteiger partial charge in [0.25, 0.3) is 5.89 Å². The average molecular weight is 320 g/mol. The van der Waals surface area contributed by atoms with Crippen molar-refractivity contribution >= 4 is 22.9 Å². The van der Waals surface area contributed by atoms with Gasteiger partial charge in [-0.1, -0.05) is 0 Å². The molecule has 1 fully saturated rings. The van der Waals surface area contributed by atoms with Crippen molar-refractivity contribution in [1.82, 2.24) is 15.5 Å². The molecule has 3 aliphatic rings.